The molecule has 1 aliphatic rings. The van der Waals surface area contributed by atoms with Crippen LogP contribution in [0, 0.1) is 12.3 Å². The number of rotatable bonds is 6. The van der Waals surface area contributed by atoms with Crippen LogP contribution in [0.2, 0.25) is 0 Å². The second kappa shape index (κ2) is 5.09. The van der Waals surface area contributed by atoms with E-state index in [-0.39, 0.29) is 0 Å². The SMILES string of the molecule is CCCC1(CNCc2cccc(N)c2C)CC1. The first-order valence-corrected chi connectivity index (χ1v) is 6.71. The Bertz CT molecular complexity index is 381. The fourth-order valence-electron chi connectivity index (χ4n) is 2.58. The number of nitrogen functional groups attached to an aromatic ring is 1. The van der Waals surface area contributed by atoms with Crippen molar-refractivity contribution in [1.29, 1.82) is 0 Å². The van der Waals surface area contributed by atoms with Crippen molar-refractivity contribution in [2.45, 2.75) is 46.1 Å². The molecule has 2 nitrogen and oxygen atoms in total. The standard InChI is InChI=1S/C15H24N2/c1-3-7-15(8-9-15)11-17-10-13-5-4-6-14(16)12(13)2/h4-6,17H,3,7-11,16H2,1-2H3. The molecule has 3 N–H and O–H groups in total. The Morgan fingerprint density at radius 3 is 2.76 bits per heavy atom. The van der Waals surface area contributed by atoms with Crippen LogP contribution in [0.15, 0.2) is 18.2 Å². The lowest BCUT2D eigenvalue weighted by molar-refractivity contribution is 0.420. The van der Waals surface area contributed by atoms with E-state index in [1.165, 1.54) is 36.8 Å². The van der Waals surface area contributed by atoms with Crippen LogP contribution in [0.25, 0.3) is 0 Å². The van der Waals surface area contributed by atoms with Crippen molar-refractivity contribution in [1.82, 2.24) is 5.32 Å². The zero-order chi connectivity index (χ0) is 12.3. The number of nitrogens with one attached hydrogen (secondary N) is 1. The third kappa shape index (κ3) is 3.01. The Morgan fingerprint density at radius 2 is 2.12 bits per heavy atom. The fraction of sp³-hybridized carbons (Fsp3) is 0.600. The fourth-order valence-corrected chi connectivity index (χ4v) is 2.58. The monoisotopic (exact) mass is 232 g/mol. The van der Waals surface area contributed by atoms with E-state index >= 15 is 0 Å². The molecule has 1 aromatic rings. The van der Waals surface area contributed by atoms with Crippen LogP contribution in [0.1, 0.15) is 43.7 Å². The topological polar surface area (TPSA) is 38.0 Å². The quantitative estimate of drug-likeness (QED) is 0.739. The highest BCUT2D eigenvalue weighted by atomic mass is 14.9. The summed E-state index contributed by atoms with van der Waals surface area (Å²) in [5.74, 6) is 0. The second-order valence-corrected chi connectivity index (χ2v) is 5.48. The molecule has 1 aromatic carbocycles. The first-order valence-electron chi connectivity index (χ1n) is 6.71. The molecule has 0 atom stereocenters. The van der Waals surface area contributed by atoms with E-state index in [4.69, 9.17) is 5.73 Å². The highest BCUT2D eigenvalue weighted by Gasteiger charge is 2.40. The first kappa shape index (κ1) is 12.4. The zero-order valence-electron chi connectivity index (χ0n) is 11.1. The van der Waals surface area contributed by atoms with Gasteiger partial charge in [0.25, 0.3) is 0 Å². The Hall–Kier alpha value is -1.02. The molecular formula is C15H24N2. The molecule has 0 radical (unpaired) electrons. The zero-order valence-corrected chi connectivity index (χ0v) is 11.1. The summed E-state index contributed by atoms with van der Waals surface area (Å²) in [5.41, 5.74) is 9.99. The molecule has 1 saturated carbocycles. The first-order chi connectivity index (χ1) is 8.17. The molecule has 1 fully saturated rings. The highest BCUT2D eigenvalue weighted by Crippen LogP contribution is 2.48. The van der Waals surface area contributed by atoms with Gasteiger partial charge in [0.1, 0.15) is 0 Å². The number of anilines is 1. The van der Waals surface area contributed by atoms with Crippen molar-refractivity contribution in [3.05, 3.63) is 29.3 Å². The predicted molar refractivity (Wildman–Crippen MR) is 73.9 cm³/mol. The molecule has 0 bridgehead atoms. The molecule has 0 spiro atoms. The van der Waals surface area contributed by atoms with E-state index < -0.39 is 0 Å². The molecule has 2 rings (SSSR count). The van der Waals surface area contributed by atoms with Crippen LogP contribution in [0.3, 0.4) is 0 Å². The largest absolute Gasteiger partial charge is 0.399 e. The molecule has 0 saturated heterocycles. The normalized spacial score (nSPS) is 17.1. The molecule has 0 aromatic heterocycles. The predicted octanol–water partition coefficient (Wildman–Crippen LogP) is 3.25. The molecule has 0 aliphatic heterocycles. The average Bonchev–Trinajstić information content (AvgIpc) is 3.05. The Labute approximate surface area is 105 Å². The minimum Gasteiger partial charge on any atom is -0.399 e. The van der Waals surface area contributed by atoms with Crippen molar-refractivity contribution in [3.63, 3.8) is 0 Å². The van der Waals surface area contributed by atoms with Crippen molar-refractivity contribution in [2.24, 2.45) is 5.41 Å². The molecule has 0 amide bonds. The molecule has 2 heteroatoms. The van der Waals surface area contributed by atoms with Gasteiger partial charge in [-0.1, -0.05) is 25.5 Å². The lowest BCUT2D eigenvalue weighted by atomic mass is 10.0. The van der Waals surface area contributed by atoms with E-state index in [2.05, 4.69) is 25.2 Å². The number of hydrogen-bond acceptors (Lipinski definition) is 2. The van der Waals surface area contributed by atoms with Gasteiger partial charge in [0.15, 0.2) is 0 Å². The van der Waals surface area contributed by atoms with Gasteiger partial charge in [0, 0.05) is 18.8 Å². The lowest BCUT2D eigenvalue weighted by Crippen LogP contribution is -2.24. The van der Waals surface area contributed by atoms with Crippen LogP contribution >= 0.6 is 0 Å². The van der Waals surface area contributed by atoms with Gasteiger partial charge in [-0.25, -0.2) is 0 Å². The Kier molecular flexibility index (Phi) is 3.72. The maximum absolute atomic E-state index is 5.91. The van der Waals surface area contributed by atoms with Gasteiger partial charge in [-0.3, -0.25) is 0 Å². The van der Waals surface area contributed by atoms with E-state index in [9.17, 15) is 0 Å². The van der Waals surface area contributed by atoms with E-state index in [0.717, 1.165) is 18.8 Å². The van der Waals surface area contributed by atoms with Crippen molar-refractivity contribution >= 4 is 5.69 Å². The number of benzene rings is 1. The summed E-state index contributed by atoms with van der Waals surface area (Å²) in [6.45, 7) is 6.49. The lowest BCUT2D eigenvalue weighted by Gasteiger charge is -2.16. The summed E-state index contributed by atoms with van der Waals surface area (Å²) >= 11 is 0. The minimum absolute atomic E-state index is 0.628. The van der Waals surface area contributed by atoms with Crippen LogP contribution in [-0.2, 0) is 6.54 Å². The van der Waals surface area contributed by atoms with Crippen LogP contribution in [-0.4, -0.2) is 6.54 Å². The molecule has 0 heterocycles. The van der Waals surface area contributed by atoms with Crippen molar-refractivity contribution < 1.29 is 0 Å². The van der Waals surface area contributed by atoms with Gasteiger partial charge >= 0.3 is 0 Å². The number of nitrogens with two attached hydrogens (primary N) is 1. The van der Waals surface area contributed by atoms with Crippen molar-refractivity contribution in [2.75, 3.05) is 12.3 Å². The van der Waals surface area contributed by atoms with Gasteiger partial charge in [-0.15, -0.1) is 0 Å². The average molecular weight is 232 g/mol. The molecule has 1 aliphatic carbocycles. The molecular weight excluding hydrogens is 208 g/mol. The maximum Gasteiger partial charge on any atom is 0.0346 e. The summed E-state index contributed by atoms with van der Waals surface area (Å²) in [5, 5.41) is 3.60. The number of hydrogen-bond donors (Lipinski definition) is 2. The van der Waals surface area contributed by atoms with Gasteiger partial charge in [-0.05, 0) is 48.8 Å². The minimum atomic E-state index is 0.628. The van der Waals surface area contributed by atoms with Gasteiger partial charge in [0.2, 0.25) is 0 Å². The summed E-state index contributed by atoms with van der Waals surface area (Å²) in [4.78, 5) is 0. The third-order valence-electron chi connectivity index (χ3n) is 4.04. The molecule has 17 heavy (non-hydrogen) atoms. The van der Waals surface area contributed by atoms with E-state index in [0.29, 0.717) is 5.41 Å². The van der Waals surface area contributed by atoms with Crippen LogP contribution in [0.5, 0.6) is 0 Å². The smallest absolute Gasteiger partial charge is 0.0346 e. The van der Waals surface area contributed by atoms with E-state index in [1.54, 1.807) is 0 Å². The Balaban J connectivity index is 1.84. The summed E-state index contributed by atoms with van der Waals surface area (Å²) in [6.07, 6.45) is 5.49. The van der Waals surface area contributed by atoms with E-state index in [1.807, 2.05) is 12.1 Å². The van der Waals surface area contributed by atoms with Crippen LogP contribution < -0.4 is 11.1 Å². The third-order valence-corrected chi connectivity index (χ3v) is 4.04. The Morgan fingerprint density at radius 1 is 1.35 bits per heavy atom. The molecule has 94 valence electrons. The van der Waals surface area contributed by atoms with Crippen molar-refractivity contribution in [3.8, 4) is 0 Å². The second-order valence-electron chi connectivity index (χ2n) is 5.48. The van der Waals surface area contributed by atoms with Crippen LogP contribution in [0.4, 0.5) is 5.69 Å². The summed E-state index contributed by atoms with van der Waals surface area (Å²) in [7, 11) is 0. The van der Waals surface area contributed by atoms with Gasteiger partial charge in [-0.2, -0.15) is 0 Å². The summed E-state index contributed by atoms with van der Waals surface area (Å²) < 4.78 is 0. The summed E-state index contributed by atoms with van der Waals surface area (Å²) in [6, 6.07) is 6.18. The van der Waals surface area contributed by atoms with Gasteiger partial charge in [0.05, 0.1) is 0 Å². The highest BCUT2D eigenvalue weighted by molar-refractivity contribution is 5.49. The van der Waals surface area contributed by atoms with Gasteiger partial charge < -0.3 is 11.1 Å². The molecule has 0 unspecified atom stereocenters. The maximum atomic E-state index is 5.91.